The summed E-state index contributed by atoms with van der Waals surface area (Å²) in [5.41, 5.74) is 0.453. The first-order valence-corrected chi connectivity index (χ1v) is 9.53. The molecule has 8 heteroatoms. The van der Waals surface area contributed by atoms with E-state index in [1.165, 1.54) is 31.2 Å². The highest BCUT2D eigenvalue weighted by atomic mass is 32.2. The highest BCUT2D eigenvalue weighted by Crippen LogP contribution is 2.34. The Morgan fingerprint density at radius 3 is 2.59 bits per heavy atom. The lowest BCUT2D eigenvalue weighted by Crippen LogP contribution is -2.24. The number of carbonyl (C=O) groups excluding carboxylic acids is 1. The summed E-state index contributed by atoms with van der Waals surface area (Å²) in [5.74, 6) is 7.16. The van der Waals surface area contributed by atoms with Crippen molar-refractivity contribution in [1.29, 1.82) is 0 Å². The molecule has 0 atom stereocenters. The van der Waals surface area contributed by atoms with Crippen molar-refractivity contribution in [3.63, 3.8) is 0 Å². The van der Waals surface area contributed by atoms with Crippen LogP contribution in [0.5, 0.6) is 17.2 Å². The Labute approximate surface area is 157 Å². The fraction of sp³-hybridized carbons (Fsp3) is 0.211. The Kier molecular flexibility index (Phi) is 5.64. The number of Topliss-reactive ketones (excluding diaryl/α,β-unsaturated/α-hetero) is 1. The molecular weight excluding hydrogens is 370 g/mol. The molecule has 1 N–H and O–H groups in total. The van der Waals surface area contributed by atoms with E-state index >= 15 is 0 Å². The number of ether oxygens (including phenoxy) is 3. The molecule has 0 bridgehead atoms. The quantitative estimate of drug-likeness (QED) is 0.602. The summed E-state index contributed by atoms with van der Waals surface area (Å²) < 4.78 is 42.6. The summed E-state index contributed by atoms with van der Waals surface area (Å²) in [4.78, 5) is 11.3. The van der Waals surface area contributed by atoms with E-state index in [1.54, 1.807) is 18.2 Å². The lowest BCUT2D eigenvalue weighted by Gasteiger charge is -2.04. The van der Waals surface area contributed by atoms with Gasteiger partial charge in [0.2, 0.25) is 16.8 Å². The third-order valence-corrected chi connectivity index (χ3v) is 5.12. The van der Waals surface area contributed by atoms with Gasteiger partial charge in [0.15, 0.2) is 17.3 Å². The maximum Gasteiger partial charge on any atom is 0.241 e. The number of benzene rings is 2. The van der Waals surface area contributed by atoms with Crippen molar-refractivity contribution in [2.75, 3.05) is 19.9 Å². The van der Waals surface area contributed by atoms with E-state index in [2.05, 4.69) is 16.6 Å². The summed E-state index contributed by atoms with van der Waals surface area (Å²) in [6.45, 7) is 1.66. The zero-order valence-electron chi connectivity index (χ0n) is 14.5. The summed E-state index contributed by atoms with van der Waals surface area (Å²) in [7, 11) is -3.68. The van der Waals surface area contributed by atoms with Crippen molar-refractivity contribution in [1.82, 2.24) is 4.72 Å². The summed E-state index contributed by atoms with van der Waals surface area (Å²) in [5, 5.41) is 0. The average molecular weight is 387 g/mol. The summed E-state index contributed by atoms with van der Waals surface area (Å²) >= 11 is 0. The minimum Gasteiger partial charge on any atom is -0.481 e. The molecule has 1 aliphatic rings. The van der Waals surface area contributed by atoms with Crippen LogP contribution in [-0.2, 0) is 10.0 Å². The van der Waals surface area contributed by atoms with Gasteiger partial charge in [0.25, 0.3) is 0 Å². The van der Waals surface area contributed by atoms with Crippen LogP contribution in [0, 0.1) is 11.8 Å². The van der Waals surface area contributed by atoms with Crippen LogP contribution in [0.25, 0.3) is 0 Å². The van der Waals surface area contributed by atoms with E-state index in [4.69, 9.17) is 14.2 Å². The van der Waals surface area contributed by atoms with Crippen molar-refractivity contribution in [2.24, 2.45) is 0 Å². The lowest BCUT2D eigenvalue weighted by atomic mass is 10.2. The number of rotatable bonds is 6. The van der Waals surface area contributed by atoms with Crippen molar-refractivity contribution < 1.29 is 27.4 Å². The monoisotopic (exact) mass is 387 g/mol. The highest BCUT2D eigenvalue weighted by molar-refractivity contribution is 7.89. The summed E-state index contributed by atoms with van der Waals surface area (Å²) in [6.07, 6.45) is 0. The highest BCUT2D eigenvalue weighted by Gasteiger charge is 2.14. The molecule has 0 aromatic heterocycles. The van der Waals surface area contributed by atoms with Gasteiger partial charge < -0.3 is 14.2 Å². The first kappa shape index (κ1) is 18.8. The Hall–Kier alpha value is -3.02. The van der Waals surface area contributed by atoms with Gasteiger partial charge in [0.05, 0.1) is 11.4 Å². The first-order valence-electron chi connectivity index (χ1n) is 8.04. The number of sulfonamides is 1. The van der Waals surface area contributed by atoms with Crippen molar-refractivity contribution in [2.45, 2.75) is 11.8 Å². The molecule has 0 amide bonds. The molecule has 0 radical (unpaired) electrons. The Balaban J connectivity index is 1.48. The van der Waals surface area contributed by atoms with Crippen LogP contribution in [0.4, 0.5) is 0 Å². The van der Waals surface area contributed by atoms with Crippen LogP contribution in [0.15, 0.2) is 47.4 Å². The molecule has 3 rings (SSSR count). The van der Waals surface area contributed by atoms with Gasteiger partial charge in [-0.25, -0.2) is 8.42 Å². The molecule has 1 heterocycles. The van der Waals surface area contributed by atoms with Gasteiger partial charge in [-0.2, -0.15) is 4.72 Å². The molecule has 7 nitrogen and oxygen atoms in total. The molecule has 140 valence electrons. The van der Waals surface area contributed by atoms with E-state index in [9.17, 15) is 13.2 Å². The molecular formula is C19H17NO6S. The molecule has 0 aliphatic carbocycles. The Morgan fingerprint density at radius 1 is 1.11 bits per heavy atom. The largest absolute Gasteiger partial charge is 0.481 e. The fourth-order valence-corrected chi connectivity index (χ4v) is 3.21. The fourth-order valence-electron chi connectivity index (χ4n) is 2.28. The second-order valence-electron chi connectivity index (χ2n) is 5.56. The SMILES string of the molecule is CC(=O)c1ccc(S(=O)(=O)NCC#CCOc2ccc3c(c2)OCO3)cc1. The van der Waals surface area contributed by atoms with Crippen LogP contribution in [0.1, 0.15) is 17.3 Å². The normalized spacial score (nSPS) is 12.2. The number of hydrogen-bond donors (Lipinski definition) is 1. The zero-order valence-corrected chi connectivity index (χ0v) is 15.3. The van der Waals surface area contributed by atoms with E-state index in [-0.39, 0.29) is 30.6 Å². The van der Waals surface area contributed by atoms with Crippen molar-refractivity contribution in [3.8, 4) is 29.1 Å². The maximum absolute atomic E-state index is 12.2. The number of nitrogens with one attached hydrogen (secondary N) is 1. The van der Waals surface area contributed by atoms with E-state index in [1.807, 2.05) is 0 Å². The van der Waals surface area contributed by atoms with Gasteiger partial charge >= 0.3 is 0 Å². The predicted octanol–water partition coefficient (Wildman–Crippen LogP) is 1.98. The third-order valence-electron chi connectivity index (χ3n) is 3.70. The van der Waals surface area contributed by atoms with Crippen LogP contribution in [0.2, 0.25) is 0 Å². The van der Waals surface area contributed by atoms with Gasteiger partial charge in [-0.15, -0.1) is 0 Å². The molecule has 0 saturated carbocycles. The van der Waals surface area contributed by atoms with Gasteiger partial charge in [-0.3, -0.25) is 4.79 Å². The second-order valence-corrected chi connectivity index (χ2v) is 7.33. The topological polar surface area (TPSA) is 90.9 Å². The maximum atomic E-state index is 12.2. The summed E-state index contributed by atoms with van der Waals surface area (Å²) in [6, 6.07) is 10.9. The molecule has 1 aliphatic heterocycles. The molecule has 0 spiro atoms. The van der Waals surface area contributed by atoms with Crippen molar-refractivity contribution >= 4 is 15.8 Å². The minimum atomic E-state index is -3.68. The Morgan fingerprint density at radius 2 is 1.85 bits per heavy atom. The number of ketones is 1. The molecule has 27 heavy (non-hydrogen) atoms. The van der Waals surface area contributed by atoms with Crippen LogP contribution < -0.4 is 18.9 Å². The Bertz CT molecular complexity index is 1000. The predicted molar refractivity (Wildman–Crippen MR) is 97.5 cm³/mol. The molecule has 2 aromatic rings. The van der Waals surface area contributed by atoms with Crippen molar-refractivity contribution in [3.05, 3.63) is 48.0 Å². The lowest BCUT2D eigenvalue weighted by molar-refractivity contribution is 0.101. The van der Waals surface area contributed by atoms with Crippen LogP contribution >= 0.6 is 0 Å². The minimum absolute atomic E-state index is 0.0543. The van der Waals surface area contributed by atoms with Gasteiger partial charge in [-0.1, -0.05) is 24.0 Å². The number of hydrogen-bond acceptors (Lipinski definition) is 6. The first-order chi connectivity index (χ1) is 13.0. The number of fused-ring (bicyclic) bond motifs is 1. The third kappa shape index (κ3) is 4.78. The average Bonchev–Trinajstić information content (AvgIpc) is 3.12. The molecule has 2 aromatic carbocycles. The standard InChI is InChI=1S/C19H17NO6S/c1-14(21)15-4-7-17(8-5-15)27(22,23)20-10-2-3-11-24-16-6-9-18-19(12-16)26-13-25-18/h4-9,12,20H,10-11,13H2,1H3. The van der Waals surface area contributed by atoms with E-state index in [0.29, 0.717) is 22.8 Å². The smallest absolute Gasteiger partial charge is 0.241 e. The molecule has 0 unspecified atom stereocenters. The van der Waals surface area contributed by atoms with Gasteiger partial charge in [0, 0.05) is 11.6 Å². The van der Waals surface area contributed by atoms with Crippen LogP contribution in [-0.4, -0.2) is 34.1 Å². The van der Waals surface area contributed by atoms with E-state index in [0.717, 1.165) is 0 Å². The number of carbonyl (C=O) groups is 1. The molecule has 0 saturated heterocycles. The van der Waals surface area contributed by atoms with Gasteiger partial charge in [-0.05, 0) is 31.2 Å². The molecule has 0 fully saturated rings. The zero-order chi connectivity index (χ0) is 19.3. The van der Waals surface area contributed by atoms with Gasteiger partial charge in [0.1, 0.15) is 12.4 Å². The second kappa shape index (κ2) is 8.12. The van der Waals surface area contributed by atoms with Crippen LogP contribution in [0.3, 0.4) is 0 Å². The van der Waals surface area contributed by atoms with E-state index < -0.39 is 10.0 Å².